The Kier molecular flexibility index (Phi) is 6.52. The topological polar surface area (TPSA) is 65.8 Å². The lowest BCUT2D eigenvalue weighted by Crippen LogP contribution is -2.31. The monoisotopic (exact) mass is 471 g/mol. The van der Waals surface area contributed by atoms with Crippen molar-refractivity contribution >= 4 is 50.9 Å². The van der Waals surface area contributed by atoms with Crippen LogP contribution < -0.4 is 14.4 Å². The third kappa shape index (κ3) is 4.42. The van der Waals surface area contributed by atoms with Gasteiger partial charge < -0.3 is 14.4 Å². The SMILES string of the molecule is CCOc1ccc(N2C(=O)/C(=C/c3cc(Br)ccc3OCC#N)N(C)C2=S)cc1. The molecule has 1 saturated heterocycles. The van der Waals surface area contributed by atoms with E-state index in [1.807, 2.05) is 25.1 Å². The highest BCUT2D eigenvalue weighted by molar-refractivity contribution is 9.10. The number of anilines is 1. The van der Waals surface area contributed by atoms with Gasteiger partial charge in [-0.15, -0.1) is 0 Å². The molecule has 0 spiro atoms. The molecule has 0 saturated carbocycles. The van der Waals surface area contributed by atoms with Crippen molar-refractivity contribution in [1.82, 2.24) is 4.90 Å². The fourth-order valence-electron chi connectivity index (χ4n) is 2.86. The normalized spacial score (nSPS) is 15.0. The van der Waals surface area contributed by atoms with Gasteiger partial charge in [0.05, 0.1) is 12.3 Å². The van der Waals surface area contributed by atoms with Crippen LogP contribution in [0.3, 0.4) is 0 Å². The van der Waals surface area contributed by atoms with E-state index in [2.05, 4.69) is 15.9 Å². The van der Waals surface area contributed by atoms with Gasteiger partial charge in [-0.3, -0.25) is 9.69 Å². The Morgan fingerprint density at radius 3 is 2.59 bits per heavy atom. The van der Waals surface area contributed by atoms with Crippen molar-refractivity contribution in [1.29, 1.82) is 5.26 Å². The highest BCUT2D eigenvalue weighted by Crippen LogP contribution is 2.32. The predicted molar refractivity (Wildman–Crippen MR) is 119 cm³/mol. The van der Waals surface area contributed by atoms with Crippen molar-refractivity contribution in [2.45, 2.75) is 6.92 Å². The Hall–Kier alpha value is -2.89. The van der Waals surface area contributed by atoms with Crippen molar-refractivity contribution in [2.75, 3.05) is 25.2 Å². The lowest BCUT2D eigenvalue weighted by molar-refractivity contribution is -0.114. The van der Waals surface area contributed by atoms with Crippen LogP contribution in [0.15, 0.2) is 52.6 Å². The number of thiocarbonyl (C=S) groups is 1. The van der Waals surface area contributed by atoms with E-state index in [0.29, 0.717) is 34.4 Å². The van der Waals surface area contributed by atoms with Gasteiger partial charge in [-0.2, -0.15) is 5.26 Å². The van der Waals surface area contributed by atoms with E-state index in [9.17, 15) is 4.79 Å². The molecular weight excluding hydrogens is 454 g/mol. The summed E-state index contributed by atoms with van der Waals surface area (Å²) in [6.45, 7) is 2.40. The molecule has 29 heavy (non-hydrogen) atoms. The molecule has 1 fully saturated rings. The zero-order valence-corrected chi connectivity index (χ0v) is 18.3. The fraction of sp³-hybridized carbons (Fsp3) is 0.190. The van der Waals surface area contributed by atoms with Gasteiger partial charge in [-0.25, -0.2) is 0 Å². The Morgan fingerprint density at radius 2 is 1.93 bits per heavy atom. The first-order valence-corrected chi connectivity index (χ1v) is 10.0. The number of nitriles is 1. The smallest absolute Gasteiger partial charge is 0.281 e. The molecular formula is C21H18BrN3O3S. The number of carbonyl (C=O) groups excluding carboxylic acids is 1. The van der Waals surface area contributed by atoms with Gasteiger partial charge >= 0.3 is 0 Å². The summed E-state index contributed by atoms with van der Waals surface area (Å²) in [5, 5.41) is 9.17. The molecule has 1 aliphatic heterocycles. The molecule has 3 rings (SSSR count). The van der Waals surface area contributed by atoms with E-state index < -0.39 is 0 Å². The van der Waals surface area contributed by atoms with Crippen LogP contribution in [0, 0.1) is 11.3 Å². The quantitative estimate of drug-likeness (QED) is 0.460. The number of hydrogen-bond acceptors (Lipinski definition) is 5. The molecule has 8 heteroatoms. The summed E-state index contributed by atoms with van der Waals surface area (Å²) in [6.07, 6.45) is 1.71. The largest absolute Gasteiger partial charge is 0.494 e. The van der Waals surface area contributed by atoms with Crippen molar-refractivity contribution in [2.24, 2.45) is 0 Å². The van der Waals surface area contributed by atoms with Crippen LogP contribution >= 0.6 is 28.1 Å². The molecule has 1 aliphatic rings. The number of carbonyl (C=O) groups is 1. The van der Waals surface area contributed by atoms with E-state index in [1.165, 1.54) is 4.90 Å². The van der Waals surface area contributed by atoms with Crippen LogP contribution in [-0.4, -0.2) is 36.2 Å². The third-order valence-corrected chi connectivity index (χ3v) is 5.17. The number of likely N-dealkylation sites (N-methyl/N-ethyl adjacent to an activating group) is 1. The minimum atomic E-state index is -0.243. The number of benzene rings is 2. The third-order valence-electron chi connectivity index (χ3n) is 4.22. The van der Waals surface area contributed by atoms with Gasteiger partial charge in [0, 0.05) is 17.1 Å². The van der Waals surface area contributed by atoms with Gasteiger partial charge in [0.25, 0.3) is 5.91 Å². The summed E-state index contributed by atoms with van der Waals surface area (Å²) < 4.78 is 11.8. The lowest BCUT2D eigenvalue weighted by Gasteiger charge is -2.16. The maximum Gasteiger partial charge on any atom is 0.281 e. The zero-order valence-electron chi connectivity index (χ0n) is 15.9. The van der Waals surface area contributed by atoms with Gasteiger partial charge in [-0.05, 0) is 67.7 Å². The number of ether oxygens (including phenoxy) is 2. The van der Waals surface area contributed by atoms with Crippen LogP contribution in [0.2, 0.25) is 0 Å². The Morgan fingerprint density at radius 1 is 1.21 bits per heavy atom. The molecule has 0 aliphatic carbocycles. The summed E-state index contributed by atoms with van der Waals surface area (Å²) in [5.41, 5.74) is 1.74. The summed E-state index contributed by atoms with van der Waals surface area (Å²) in [4.78, 5) is 16.3. The van der Waals surface area contributed by atoms with Crippen LogP contribution in [0.1, 0.15) is 12.5 Å². The summed E-state index contributed by atoms with van der Waals surface area (Å²) in [7, 11) is 1.74. The first-order chi connectivity index (χ1) is 14.0. The van der Waals surface area contributed by atoms with Crippen molar-refractivity contribution < 1.29 is 14.3 Å². The van der Waals surface area contributed by atoms with E-state index in [1.54, 1.807) is 48.4 Å². The van der Waals surface area contributed by atoms with Crippen LogP contribution in [0.25, 0.3) is 6.08 Å². The van der Waals surface area contributed by atoms with E-state index in [0.717, 1.165) is 10.2 Å². The maximum atomic E-state index is 13.1. The molecule has 0 atom stereocenters. The zero-order chi connectivity index (χ0) is 21.0. The van der Waals surface area contributed by atoms with Gasteiger partial charge in [0.1, 0.15) is 23.3 Å². The van der Waals surface area contributed by atoms with Crippen molar-refractivity contribution in [3.05, 3.63) is 58.2 Å². The van der Waals surface area contributed by atoms with Crippen molar-refractivity contribution in [3.8, 4) is 17.6 Å². The standard InChI is InChI=1S/C21H18BrN3O3S/c1-3-27-17-7-5-16(6-8-17)25-20(26)18(24(2)21(25)29)13-14-12-15(22)4-9-19(14)28-11-10-23/h4-9,12-13H,3,11H2,1-2H3/b18-13-. The molecule has 6 nitrogen and oxygen atoms in total. The van der Waals surface area contributed by atoms with E-state index in [-0.39, 0.29) is 12.5 Å². The second kappa shape index (κ2) is 9.07. The molecule has 1 heterocycles. The molecule has 2 aromatic carbocycles. The highest BCUT2D eigenvalue weighted by atomic mass is 79.9. The number of halogens is 1. The Labute approximate surface area is 183 Å². The van der Waals surface area contributed by atoms with E-state index in [4.69, 9.17) is 27.0 Å². The highest BCUT2D eigenvalue weighted by Gasteiger charge is 2.37. The van der Waals surface area contributed by atoms with Gasteiger partial charge in [-0.1, -0.05) is 15.9 Å². The van der Waals surface area contributed by atoms with Crippen molar-refractivity contribution in [3.63, 3.8) is 0 Å². The summed E-state index contributed by atoms with van der Waals surface area (Å²) in [6, 6.07) is 14.5. The minimum absolute atomic E-state index is 0.0850. The molecule has 0 unspecified atom stereocenters. The first-order valence-electron chi connectivity index (χ1n) is 8.82. The van der Waals surface area contributed by atoms with E-state index >= 15 is 0 Å². The molecule has 2 aromatic rings. The molecule has 1 amide bonds. The second-order valence-corrected chi connectivity index (χ2v) is 7.35. The Balaban J connectivity index is 1.96. The number of nitrogens with zero attached hydrogens (tertiary/aromatic N) is 3. The Bertz CT molecular complexity index is 1010. The number of rotatable bonds is 6. The van der Waals surface area contributed by atoms with Gasteiger partial charge in [0.2, 0.25) is 0 Å². The molecule has 0 N–H and O–H groups in total. The van der Waals surface area contributed by atoms with Crippen LogP contribution in [0.4, 0.5) is 5.69 Å². The molecule has 0 aromatic heterocycles. The predicted octanol–water partition coefficient (Wildman–Crippen LogP) is 4.35. The van der Waals surface area contributed by atoms with Crippen LogP contribution in [-0.2, 0) is 4.79 Å². The number of amides is 1. The number of hydrogen-bond donors (Lipinski definition) is 0. The average Bonchev–Trinajstić information content (AvgIpc) is 2.92. The maximum absolute atomic E-state index is 13.1. The van der Waals surface area contributed by atoms with Gasteiger partial charge in [0.15, 0.2) is 11.7 Å². The summed E-state index contributed by atoms with van der Waals surface area (Å²) >= 11 is 8.93. The summed E-state index contributed by atoms with van der Waals surface area (Å²) in [5.74, 6) is 0.994. The minimum Gasteiger partial charge on any atom is -0.494 e. The fourth-order valence-corrected chi connectivity index (χ4v) is 3.53. The lowest BCUT2D eigenvalue weighted by atomic mass is 10.1. The molecule has 0 radical (unpaired) electrons. The van der Waals surface area contributed by atoms with Crippen LogP contribution in [0.5, 0.6) is 11.5 Å². The average molecular weight is 472 g/mol. The molecule has 148 valence electrons. The molecule has 0 bridgehead atoms. The second-order valence-electron chi connectivity index (χ2n) is 6.07. The first kappa shape index (κ1) is 20.8.